The predicted molar refractivity (Wildman–Crippen MR) is 92.5 cm³/mol. The summed E-state index contributed by atoms with van der Waals surface area (Å²) in [5.74, 6) is -0.0956. The van der Waals surface area contributed by atoms with Crippen LogP contribution in [0.25, 0.3) is 0 Å². The van der Waals surface area contributed by atoms with Crippen LogP contribution in [0, 0.1) is 5.92 Å². The summed E-state index contributed by atoms with van der Waals surface area (Å²) in [6.07, 6.45) is -4.37. The monoisotopic (exact) mass is 408 g/mol. The first-order valence-corrected chi connectivity index (χ1v) is 9.91. The third-order valence-electron chi connectivity index (χ3n) is 3.99. The van der Waals surface area contributed by atoms with E-state index in [0.717, 1.165) is 24.3 Å². The zero-order valence-corrected chi connectivity index (χ0v) is 16.2. The fourth-order valence-electron chi connectivity index (χ4n) is 2.63. The van der Waals surface area contributed by atoms with Gasteiger partial charge >= 0.3 is 12.3 Å². The molecule has 0 aromatic heterocycles. The van der Waals surface area contributed by atoms with Crippen molar-refractivity contribution in [2.45, 2.75) is 43.9 Å². The summed E-state index contributed by atoms with van der Waals surface area (Å²) in [6, 6.07) is 3.31. The summed E-state index contributed by atoms with van der Waals surface area (Å²) in [5, 5.41) is 0. The zero-order valence-electron chi connectivity index (χ0n) is 15.3. The van der Waals surface area contributed by atoms with Gasteiger partial charge in [0.2, 0.25) is 10.0 Å². The van der Waals surface area contributed by atoms with E-state index in [-0.39, 0.29) is 17.4 Å². The molecule has 1 aromatic rings. The summed E-state index contributed by atoms with van der Waals surface area (Å²) in [7, 11) is -3.93. The van der Waals surface area contributed by atoms with Crippen molar-refractivity contribution >= 4 is 16.1 Å². The van der Waals surface area contributed by atoms with Crippen molar-refractivity contribution in [3.63, 3.8) is 0 Å². The molecule has 6 nitrogen and oxygen atoms in total. The van der Waals surface area contributed by atoms with Gasteiger partial charge in [0.05, 0.1) is 10.5 Å². The second-order valence-electron chi connectivity index (χ2n) is 7.46. The number of carbonyl (C=O) groups is 1. The Morgan fingerprint density at radius 2 is 1.81 bits per heavy atom. The van der Waals surface area contributed by atoms with Crippen LogP contribution >= 0.6 is 0 Å². The van der Waals surface area contributed by atoms with Gasteiger partial charge in [0.1, 0.15) is 5.60 Å². The average molecular weight is 408 g/mol. The Bertz CT molecular complexity index is 771. The Morgan fingerprint density at radius 3 is 2.33 bits per heavy atom. The molecule has 1 atom stereocenters. The van der Waals surface area contributed by atoms with Crippen LogP contribution in [0.2, 0.25) is 0 Å². The molecular formula is C17H23F3N2O4S. The Balaban J connectivity index is 1.91. The zero-order chi connectivity index (χ0) is 20.5. The van der Waals surface area contributed by atoms with E-state index in [0.29, 0.717) is 19.5 Å². The van der Waals surface area contributed by atoms with Gasteiger partial charge in [-0.2, -0.15) is 13.2 Å². The molecular weight excluding hydrogens is 385 g/mol. The van der Waals surface area contributed by atoms with Gasteiger partial charge in [-0.1, -0.05) is 0 Å². The average Bonchev–Trinajstić information content (AvgIpc) is 3.00. The van der Waals surface area contributed by atoms with E-state index >= 15 is 0 Å². The van der Waals surface area contributed by atoms with Crippen LogP contribution in [0.1, 0.15) is 32.8 Å². The molecule has 1 aliphatic rings. The predicted octanol–water partition coefficient (Wildman–Crippen LogP) is 3.24. The number of sulfonamides is 1. The lowest BCUT2D eigenvalue weighted by atomic mass is 10.1. The smallest absolute Gasteiger partial charge is 0.416 e. The van der Waals surface area contributed by atoms with E-state index in [1.807, 2.05) is 0 Å². The van der Waals surface area contributed by atoms with Crippen LogP contribution in [0.3, 0.4) is 0 Å². The van der Waals surface area contributed by atoms with Gasteiger partial charge in [-0.3, -0.25) is 0 Å². The molecule has 0 bridgehead atoms. The Labute approximate surface area is 156 Å². The Morgan fingerprint density at radius 1 is 1.22 bits per heavy atom. The van der Waals surface area contributed by atoms with Gasteiger partial charge in [0.15, 0.2) is 0 Å². The molecule has 1 amide bonds. The van der Waals surface area contributed by atoms with Crippen molar-refractivity contribution in [3.05, 3.63) is 29.8 Å². The molecule has 0 saturated carbocycles. The second kappa shape index (κ2) is 7.67. The van der Waals surface area contributed by atoms with Crippen LogP contribution < -0.4 is 4.72 Å². The van der Waals surface area contributed by atoms with Crippen molar-refractivity contribution in [3.8, 4) is 0 Å². The van der Waals surface area contributed by atoms with E-state index in [1.165, 1.54) is 4.90 Å². The van der Waals surface area contributed by atoms with E-state index in [9.17, 15) is 26.4 Å². The lowest BCUT2D eigenvalue weighted by Crippen LogP contribution is -2.36. The highest BCUT2D eigenvalue weighted by Gasteiger charge is 2.32. The molecule has 0 spiro atoms. The topological polar surface area (TPSA) is 75.7 Å². The highest BCUT2D eigenvalue weighted by molar-refractivity contribution is 7.89. The number of halogens is 3. The maximum absolute atomic E-state index is 12.6. The molecule has 27 heavy (non-hydrogen) atoms. The van der Waals surface area contributed by atoms with E-state index in [4.69, 9.17) is 4.74 Å². The minimum absolute atomic E-state index is 0.0860. The van der Waals surface area contributed by atoms with Crippen molar-refractivity contribution in [2.75, 3.05) is 19.6 Å². The van der Waals surface area contributed by atoms with Crippen LogP contribution in [0.4, 0.5) is 18.0 Å². The number of nitrogens with zero attached hydrogens (tertiary/aromatic N) is 1. The molecule has 1 aromatic carbocycles. The van der Waals surface area contributed by atoms with Crippen molar-refractivity contribution in [2.24, 2.45) is 5.92 Å². The normalized spacial score (nSPS) is 18.6. The molecule has 1 N–H and O–H groups in total. The van der Waals surface area contributed by atoms with Gasteiger partial charge in [-0.05, 0) is 57.4 Å². The third-order valence-corrected chi connectivity index (χ3v) is 5.43. The fraction of sp³-hybridized carbons (Fsp3) is 0.588. The first-order chi connectivity index (χ1) is 12.3. The van der Waals surface area contributed by atoms with Crippen LogP contribution in [0.15, 0.2) is 29.2 Å². The number of rotatable bonds is 4. The second-order valence-corrected chi connectivity index (χ2v) is 9.22. The first kappa shape index (κ1) is 21.5. The Hall–Kier alpha value is -1.81. The number of benzene rings is 1. The number of hydrogen-bond acceptors (Lipinski definition) is 4. The Kier molecular flexibility index (Phi) is 6.10. The van der Waals surface area contributed by atoms with Crippen molar-refractivity contribution in [1.29, 1.82) is 0 Å². The van der Waals surface area contributed by atoms with Gasteiger partial charge in [0.25, 0.3) is 0 Å². The number of amides is 1. The van der Waals surface area contributed by atoms with E-state index in [2.05, 4.69) is 4.72 Å². The molecule has 2 rings (SSSR count). The first-order valence-electron chi connectivity index (χ1n) is 8.43. The minimum Gasteiger partial charge on any atom is -0.444 e. The summed E-state index contributed by atoms with van der Waals surface area (Å²) in [6.45, 7) is 6.18. The number of alkyl halides is 3. The van der Waals surface area contributed by atoms with Crippen LogP contribution in [-0.2, 0) is 20.9 Å². The molecule has 152 valence electrons. The summed E-state index contributed by atoms with van der Waals surface area (Å²) in [4.78, 5) is 13.3. The lowest BCUT2D eigenvalue weighted by molar-refractivity contribution is -0.137. The molecule has 0 unspecified atom stereocenters. The molecule has 1 fully saturated rings. The standard InChI is InChI=1S/C17H23F3N2O4S/c1-16(2,3)26-15(23)22-9-8-12(11-22)10-21-27(24,25)14-6-4-13(5-7-14)17(18,19)20/h4-7,12,21H,8-11H2,1-3H3/t12-/m0/s1. The SMILES string of the molecule is CC(C)(C)OC(=O)N1CC[C@@H](CNS(=O)(=O)c2ccc(C(F)(F)F)cc2)C1. The van der Waals surface area contributed by atoms with Gasteiger partial charge in [0, 0.05) is 19.6 Å². The number of likely N-dealkylation sites (tertiary alicyclic amines) is 1. The lowest BCUT2D eigenvalue weighted by Gasteiger charge is -2.24. The van der Waals surface area contributed by atoms with Gasteiger partial charge < -0.3 is 9.64 Å². The van der Waals surface area contributed by atoms with Crippen LogP contribution in [0.5, 0.6) is 0 Å². The van der Waals surface area contributed by atoms with E-state index in [1.54, 1.807) is 20.8 Å². The third kappa shape index (κ3) is 6.10. The maximum atomic E-state index is 12.6. The van der Waals surface area contributed by atoms with E-state index < -0.39 is 33.5 Å². The molecule has 1 saturated heterocycles. The number of nitrogens with one attached hydrogen (secondary N) is 1. The maximum Gasteiger partial charge on any atom is 0.416 e. The summed E-state index contributed by atoms with van der Waals surface area (Å²) in [5.41, 5.74) is -1.52. The molecule has 10 heteroatoms. The molecule has 1 aliphatic heterocycles. The molecule has 0 radical (unpaired) electrons. The number of hydrogen-bond donors (Lipinski definition) is 1. The largest absolute Gasteiger partial charge is 0.444 e. The summed E-state index contributed by atoms with van der Waals surface area (Å²) >= 11 is 0. The summed E-state index contributed by atoms with van der Waals surface area (Å²) < 4.78 is 69.9. The van der Waals surface area contributed by atoms with Gasteiger partial charge in [-0.15, -0.1) is 0 Å². The number of ether oxygens (including phenoxy) is 1. The van der Waals surface area contributed by atoms with Crippen molar-refractivity contribution in [1.82, 2.24) is 9.62 Å². The van der Waals surface area contributed by atoms with Gasteiger partial charge in [-0.25, -0.2) is 17.9 Å². The number of carbonyl (C=O) groups excluding carboxylic acids is 1. The fourth-order valence-corrected chi connectivity index (χ4v) is 3.74. The quantitative estimate of drug-likeness (QED) is 0.830. The van der Waals surface area contributed by atoms with Crippen molar-refractivity contribution < 1.29 is 31.1 Å². The highest BCUT2D eigenvalue weighted by Crippen LogP contribution is 2.29. The molecule has 1 heterocycles. The highest BCUT2D eigenvalue weighted by atomic mass is 32.2. The molecule has 0 aliphatic carbocycles. The minimum atomic E-state index is -4.52. The van der Waals surface area contributed by atoms with Crippen LogP contribution in [-0.4, -0.2) is 44.6 Å².